The first-order chi connectivity index (χ1) is 18.4. The summed E-state index contributed by atoms with van der Waals surface area (Å²) >= 11 is 0. The van der Waals surface area contributed by atoms with E-state index in [9.17, 15) is 17.9 Å². The van der Waals surface area contributed by atoms with Crippen molar-refractivity contribution in [2.45, 2.75) is 32.0 Å². The summed E-state index contributed by atoms with van der Waals surface area (Å²) in [6.07, 6.45) is 9.26. The van der Waals surface area contributed by atoms with Gasteiger partial charge >= 0.3 is 10.2 Å². The topological polar surface area (TPSA) is 102 Å². The van der Waals surface area contributed by atoms with Crippen molar-refractivity contribution >= 4 is 16.3 Å². The number of halogens is 1. The Kier molecular flexibility index (Phi) is 6.85. The number of aliphatic hydroxyl groups is 1. The largest absolute Gasteiger partial charge is 0.391 e. The van der Waals surface area contributed by atoms with Crippen LogP contribution in [0, 0.1) is 11.7 Å². The Morgan fingerprint density at radius 2 is 1.97 bits per heavy atom. The molecule has 1 aromatic heterocycles. The normalized spacial score (nSPS) is 24.0. The molecule has 38 heavy (non-hydrogen) atoms. The molecule has 0 unspecified atom stereocenters. The number of H-pyrrole nitrogens is 1. The van der Waals surface area contributed by atoms with Crippen molar-refractivity contribution in [3.8, 4) is 0 Å². The fraction of sp³-hybridized carbons (Fsp3) is 0.444. The van der Waals surface area contributed by atoms with Gasteiger partial charge in [-0.1, -0.05) is 23.8 Å². The zero-order valence-corrected chi connectivity index (χ0v) is 21.9. The monoisotopic (exact) mass is 541 g/mol. The Morgan fingerprint density at radius 1 is 1.13 bits per heavy atom. The molecule has 4 heterocycles. The molecule has 2 saturated heterocycles. The second-order valence-electron chi connectivity index (χ2n) is 10.4. The number of hydrogen-bond donors (Lipinski definition) is 2. The molecule has 0 saturated carbocycles. The minimum absolute atomic E-state index is 0.139. The highest BCUT2D eigenvalue weighted by Gasteiger charge is 2.40. The minimum Gasteiger partial charge on any atom is -0.391 e. The van der Waals surface area contributed by atoms with Gasteiger partial charge in [0.2, 0.25) is 0 Å². The second kappa shape index (κ2) is 10.3. The van der Waals surface area contributed by atoms with Crippen molar-refractivity contribution in [3.63, 3.8) is 0 Å². The summed E-state index contributed by atoms with van der Waals surface area (Å²) in [6, 6.07) is 6.17. The minimum atomic E-state index is -3.79. The van der Waals surface area contributed by atoms with E-state index < -0.39 is 16.3 Å². The van der Waals surface area contributed by atoms with E-state index in [2.05, 4.69) is 16.3 Å². The molecule has 0 bridgehead atoms. The highest BCUT2D eigenvalue weighted by atomic mass is 32.2. The molecule has 3 aliphatic heterocycles. The Hall–Kier alpha value is -2.99. The summed E-state index contributed by atoms with van der Waals surface area (Å²) in [5.41, 5.74) is 5.16. The van der Waals surface area contributed by atoms with Crippen LogP contribution in [0.25, 0.3) is 6.08 Å². The molecule has 0 spiro atoms. The average molecular weight is 542 g/mol. The number of hydrogen-bond acceptors (Lipinski definition) is 6. The smallest absolute Gasteiger partial charge is 0.305 e. The van der Waals surface area contributed by atoms with Crippen LogP contribution in [0.5, 0.6) is 0 Å². The van der Waals surface area contributed by atoms with Gasteiger partial charge in [-0.3, -0.25) is 5.10 Å². The lowest BCUT2D eigenvalue weighted by Crippen LogP contribution is -2.51. The molecule has 2 fully saturated rings. The van der Waals surface area contributed by atoms with Gasteiger partial charge < -0.3 is 14.7 Å². The predicted molar refractivity (Wildman–Crippen MR) is 140 cm³/mol. The van der Waals surface area contributed by atoms with Crippen LogP contribution in [0.4, 0.5) is 4.39 Å². The predicted octanol–water partition coefficient (Wildman–Crippen LogP) is 2.42. The zero-order chi connectivity index (χ0) is 26.3. The molecule has 2 atom stereocenters. The molecule has 4 aliphatic rings. The number of β-amino-alcohol motifs (C(OH)–C–C–N with tert-alkyl or cyclic N) is 1. The van der Waals surface area contributed by atoms with E-state index in [1.165, 1.54) is 22.0 Å². The fourth-order valence-corrected chi connectivity index (χ4v) is 7.31. The van der Waals surface area contributed by atoms with Crippen LogP contribution >= 0.6 is 0 Å². The van der Waals surface area contributed by atoms with Gasteiger partial charge in [0.15, 0.2) is 0 Å². The summed E-state index contributed by atoms with van der Waals surface area (Å²) in [4.78, 5) is 1.95. The fourth-order valence-electron chi connectivity index (χ4n) is 5.68. The molecule has 202 valence electrons. The number of nitrogens with one attached hydrogen (secondary N) is 1. The molecule has 0 radical (unpaired) electrons. The number of aliphatic hydroxyl groups excluding tert-OH is 1. The maximum absolute atomic E-state index is 14.0. The van der Waals surface area contributed by atoms with Crippen molar-refractivity contribution < 1.29 is 22.7 Å². The van der Waals surface area contributed by atoms with Crippen LogP contribution < -0.4 is 0 Å². The van der Waals surface area contributed by atoms with Crippen LogP contribution in [0.3, 0.4) is 0 Å². The summed E-state index contributed by atoms with van der Waals surface area (Å²) in [7, 11) is -3.79. The van der Waals surface area contributed by atoms with E-state index in [1.807, 2.05) is 23.2 Å². The number of benzene rings is 1. The van der Waals surface area contributed by atoms with Crippen LogP contribution in [-0.4, -0.2) is 82.7 Å². The highest BCUT2D eigenvalue weighted by molar-refractivity contribution is 7.86. The van der Waals surface area contributed by atoms with Gasteiger partial charge in [-0.15, -0.1) is 0 Å². The Balaban J connectivity index is 1.17. The Labute approximate surface area is 222 Å². The highest BCUT2D eigenvalue weighted by Crippen LogP contribution is 2.36. The first-order valence-corrected chi connectivity index (χ1v) is 14.4. The third-order valence-electron chi connectivity index (χ3n) is 7.78. The van der Waals surface area contributed by atoms with Gasteiger partial charge in [-0.2, -0.15) is 17.8 Å². The van der Waals surface area contributed by atoms with E-state index in [1.54, 1.807) is 16.4 Å². The number of likely N-dealkylation sites (tertiary alicyclic amines) is 1. The zero-order valence-electron chi connectivity index (χ0n) is 21.1. The molecule has 11 heteroatoms. The van der Waals surface area contributed by atoms with E-state index in [0.29, 0.717) is 58.1 Å². The summed E-state index contributed by atoms with van der Waals surface area (Å²) in [6.45, 7) is 2.67. The lowest BCUT2D eigenvalue weighted by atomic mass is 9.83. The molecular weight excluding hydrogens is 509 g/mol. The summed E-state index contributed by atoms with van der Waals surface area (Å²) in [5, 5.41) is 17.3. The molecular formula is C27H32FN5O4S. The van der Waals surface area contributed by atoms with Gasteiger partial charge in [-0.25, -0.2) is 8.70 Å². The third-order valence-corrected chi connectivity index (χ3v) is 9.66. The first-order valence-electron chi connectivity index (χ1n) is 13.0. The Bertz CT molecular complexity index is 1380. The lowest BCUT2D eigenvalue weighted by Gasteiger charge is -2.41. The van der Waals surface area contributed by atoms with Gasteiger partial charge in [0.25, 0.3) is 0 Å². The summed E-state index contributed by atoms with van der Waals surface area (Å²) < 4.78 is 50.1. The van der Waals surface area contributed by atoms with Crippen molar-refractivity contribution in [2.24, 2.45) is 5.92 Å². The molecule has 1 aromatic carbocycles. The van der Waals surface area contributed by atoms with Crippen LogP contribution in [0.15, 0.2) is 59.6 Å². The molecule has 2 aromatic rings. The third kappa shape index (κ3) is 5.03. The number of ether oxygens (including phenoxy) is 1. The number of piperidine rings is 1. The number of fused-ring (bicyclic) bond motifs is 2. The van der Waals surface area contributed by atoms with Gasteiger partial charge in [0.1, 0.15) is 11.6 Å². The maximum atomic E-state index is 14.0. The lowest BCUT2D eigenvalue weighted by molar-refractivity contribution is 0.142. The van der Waals surface area contributed by atoms with Crippen molar-refractivity contribution in [3.05, 3.63) is 82.2 Å². The average Bonchev–Trinajstić information content (AvgIpc) is 3.56. The molecule has 0 amide bonds. The number of rotatable bonds is 7. The molecule has 1 aliphatic carbocycles. The Morgan fingerprint density at radius 3 is 2.76 bits per heavy atom. The number of aromatic nitrogens is 2. The van der Waals surface area contributed by atoms with Crippen LogP contribution in [0.2, 0.25) is 0 Å². The number of nitrogens with zero attached hydrogens (tertiary/aromatic N) is 4. The van der Waals surface area contributed by atoms with Crippen molar-refractivity contribution in [1.29, 1.82) is 0 Å². The van der Waals surface area contributed by atoms with Crippen LogP contribution in [0.1, 0.15) is 29.7 Å². The van der Waals surface area contributed by atoms with Crippen molar-refractivity contribution in [2.75, 3.05) is 39.3 Å². The quantitative estimate of drug-likeness (QED) is 0.559. The molecule has 6 rings (SSSR count). The standard InChI is InChI=1S/C27H32FN5O4S/c28-24-3-1-19(2-4-24)17-37-18-20-5-10-33(27(11-20)31-8-7-25(34)16-31)38(35,36)32-9-6-21-13-26-22(14-29-30-26)12-23(21)15-32/h1-5,11,13-14,23,25,34H,6-10,12,15-18H2,(H,29,30)/t23-,25-/m0/s1. The van der Waals surface area contributed by atoms with E-state index in [-0.39, 0.29) is 18.3 Å². The van der Waals surface area contributed by atoms with Crippen LogP contribution in [-0.2, 0) is 28.0 Å². The number of aromatic amines is 1. The van der Waals surface area contributed by atoms with E-state index in [0.717, 1.165) is 28.8 Å². The SMILES string of the molecule is O=S(=O)(N1CCC2=Cc3[nH]ncc3C[C@H]2C1)N1CC=C(COCc2ccc(F)cc2)C=C1N1CC[C@H](O)C1. The summed E-state index contributed by atoms with van der Waals surface area (Å²) in [5.74, 6) is 0.424. The van der Waals surface area contributed by atoms with E-state index >= 15 is 0 Å². The van der Waals surface area contributed by atoms with Gasteiger partial charge in [0, 0.05) is 26.2 Å². The van der Waals surface area contributed by atoms with Crippen molar-refractivity contribution in [1.82, 2.24) is 23.7 Å². The molecule has 9 nitrogen and oxygen atoms in total. The van der Waals surface area contributed by atoms with E-state index in [4.69, 9.17) is 4.74 Å². The maximum Gasteiger partial charge on any atom is 0.305 e. The first kappa shape index (κ1) is 25.3. The second-order valence-corrected chi connectivity index (χ2v) is 12.2. The van der Waals surface area contributed by atoms with Gasteiger partial charge in [-0.05, 0) is 66.2 Å². The molecule has 2 N–H and O–H groups in total. The van der Waals surface area contributed by atoms with Gasteiger partial charge in [0.05, 0.1) is 37.8 Å².